The molecule has 210 valence electrons. The molecule has 3 aromatic rings. The Hall–Kier alpha value is -4.47. The number of H-pyrrole nitrogens is 1. The second-order valence-corrected chi connectivity index (χ2v) is 10.4. The van der Waals surface area contributed by atoms with Crippen LogP contribution >= 0.6 is 0 Å². The van der Waals surface area contributed by atoms with Gasteiger partial charge in [-0.25, -0.2) is 4.79 Å². The summed E-state index contributed by atoms with van der Waals surface area (Å²) >= 11 is 0. The summed E-state index contributed by atoms with van der Waals surface area (Å²) in [6.45, 7) is 5.66. The van der Waals surface area contributed by atoms with Crippen LogP contribution in [-0.2, 0) is 11.3 Å². The van der Waals surface area contributed by atoms with Crippen LogP contribution < -0.4 is 21.5 Å². The van der Waals surface area contributed by atoms with Crippen molar-refractivity contribution >= 4 is 24.0 Å². The molecule has 0 atom stereocenters. The monoisotopic (exact) mass is 545 g/mol. The Morgan fingerprint density at radius 2 is 1.85 bits per heavy atom. The Labute approximate surface area is 232 Å². The lowest BCUT2D eigenvalue weighted by atomic mass is 9.90. The number of hydrogen-bond acceptors (Lipinski definition) is 7. The molecule has 0 spiro atoms. The predicted octanol–water partition coefficient (Wildman–Crippen LogP) is 3.95. The summed E-state index contributed by atoms with van der Waals surface area (Å²) in [5, 5.41) is 2.92. The highest BCUT2D eigenvalue weighted by molar-refractivity contribution is 5.99. The van der Waals surface area contributed by atoms with Crippen molar-refractivity contribution in [2.75, 3.05) is 11.9 Å². The lowest BCUT2D eigenvalue weighted by Crippen LogP contribution is -2.38. The highest BCUT2D eigenvalue weighted by atomic mass is 16.6. The van der Waals surface area contributed by atoms with Gasteiger partial charge >= 0.3 is 6.09 Å². The number of carbonyl (C=O) groups excluding carboxylic acids is 3. The summed E-state index contributed by atoms with van der Waals surface area (Å²) in [6.07, 6.45) is 4.35. The number of anilines is 1. The number of aromatic nitrogens is 2. The van der Waals surface area contributed by atoms with E-state index in [1.807, 2.05) is 46.0 Å². The molecule has 0 saturated heterocycles. The van der Waals surface area contributed by atoms with Crippen molar-refractivity contribution in [3.05, 3.63) is 80.5 Å². The van der Waals surface area contributed by atoms with Crippen molar-refractivity contribution in [3.63, 3.8) is 0 Å². The van der Waals surface area contributed by atoms with Crippen molar-refractivity contribution in [3.8, 4) is 11.1 Å². The first kappa shape index (κ1) is 28.5. The minimum atomic E-state index is -0.756. The van der Waals surface area contributed by atoms with Crippen molar-refractivity contribution in [2.24, 2.45) is 5.73 Å². The fourth-order valence-electron chi connectivity index (χ4n) is 5.39. The number of pyridine rings is 2. The number of ether oxygens (including phenoxy) is 1. The van der Waals surface area contributed by atoms with E-state index in [9.17, 15) is 19.2 Å². The summed E-state index contributed by atoms with van der Waals surface area (Å²) in [5.41, 5.74) is 11.1. The molecular formula is C30H35N5O5. The summed E-state index contributed by atoms with van der Waals surface area (Å²) in [7, 11) is 2.00. The average Bonchev–Trinajstić information content (AvgIpc) is 2.92. The van der Waals surface area contributed by atoms with Gasteiger partial charge in [-0.05, 0) is 87.4 Å². The smallest absolute Gasteiger partial charge is 0.404 e. The van der Waals surface area contributed by atoms with Crippen molar-refractivity contribution in [1.29, 1.82) is 0 Å². The largest absolute Gasteiger partial charge is 0.446 e. The molecule has 2 heterocycles. The average molecular weight is 546 g/mol. The first-order valence-corrected chi connectivity index (χ1v) is 13.3. The zero-order valence-corrected chi connectivity index (χ0v) is 23.2. The minimum absolute atomic E-state index is 0.0918. The molecule has 10 nitrogen and oxygen atoms in total. The third-order valence-corrected chi connectivity index (χ3v) is 7.64. The van der Waals surface area contributed by atoms with Crippen LogP contribution in [0.4, 0.5) is 10.5 Å². The summed E-state index contributed by atoms with van der Waals surface area (Å²) < 4.78 is 5.19. The van der Waals surface area contributed by atoms with Gasteiger partial charge in [0.15, 0.2) is 6.29 Å². The number of nitrogens with one attached hydrogen (secondary N) is 2. The Morgan fingerprint density at radius 1 is 1.12 bits per heavy atom. The lowest BCUT2D eigenvalue weighted by molar-refractivity contribution is 0.0787. The Morgan fingerprint density at radius 3 is 2.45 bits per heavy atom. The molecule has 2 aromatic heterocycles. The normalized spacial score (nSPS) is 16.7. The van der Waals surface area contributed by atoms with Crippen LogP contribution in [0, 0.1) is 20.8 Å². The third kappa shape index (κ3) is 6.39. The number of nitrogens with zero attached hydrogens (tertiary/aromatic N) is 2. The Bertz CT molecular complexity index is 1470. The first-order valence-electron chi connectivity index (χ1n) is 13.3. The molecule has 1 aliphatic carbocycles. The van der Waals surface area contributed by atoms with E-state index in [0.717, 1.165) is 46.5 Å². The number of rotatable bonds is 8. The van der Waals surface area contributed by atoms with Gasteiger partial charge in [0.25, 0.3) is 11.5 Å². The Balaban J connectivity index is 1.66. The Kier molecular flexibility index (Phi) is 8.67. The van der Waals surface area contributed by atoms with Crippen molar-refractivity contribution in [1.82, 2.24) is 15.3 Å². The number of hydrogen-bond donors (Lipinski definition) is 3. The highest BCUT2D eigenvalue weighted by Gasteiger charge is 2.28. The van der Waals surface area contributed by atoms with Crippen LogP contribution in [0.2, 0.25) is 0 Å². The van der Waals surface area contributed by atoms with Crippen LogP contribution in [0.15, 0.2) is 41.3 Å². The molecule has 0 radical (unpaired) electrons. The van der Waals surface area contributed by atoms with E-state index in [1.165, 1.54) is 0 Å². The lowest BCUT2D eigenvalue weighted by Gasteiger charge is -2.36. The zero-order valence-electron chi connectivity index (χ0n) is 23.2. The van der Waals surface area contributed by atoms with Gasteiger partial charge in [-0.15, -0.1) is 0 Å². The molecule has 0 unspecified atom stereocenters. The number of carbonyl (C=O) groups is 3. The summed E-state index contributed by atoms with van der Waals surface area (Å²) in [4.78, 5) is 57.5. The number of aryl methyl sites for hydroxylation is 2. The fraction of sp³-hybridized carbons (Fsp3) is 0.367. The molecule has 4 N–H and O–H groups in total. The van der Waals surface area contributed by atoms with E-state index in [-0.39, 0.29) is 30.2 Å². The number of aromatic amines is 1. The number of nitrogens with two attached hydrogens (primary N) is 1. The van der Waals surface area contributed by atoms with Gasteiger partial charge in [0, 0.05) is 53.9 Å². The van der Waals surface area contributed by atoms with Gasteiger partial charge < -0.3 is 25.7 Å². The quantitative estimate of drug-likeness (QED) is 0.363. The van der Waals surface area contributed by atoms with Gasteiger partial charge in [-0.2, -0.15) is 0 Å². The van der Waals surface area contributed by atoms with Crippen LogP contribution in [0.25, 0.3) is 11.1 Å². The van der Waals surface area contributed by atoms with Gasteiger partial charge in [-0.3, -0.25) is 19.4 Å². The van der Waals surface area contributed by atoms with E-state index in [0.29, 0.717) is 35.9 Å². The van der Waals surface area contributed by atoms with Crippen LogP contribution in [0.1, 0.15) is 68.9 Å². The molecule has 4 rings (SSSR count). The van der Waals surface area contributed by atoms with Crippen LogP contribution in [0.3, 0.4) is 0 Å². The molecule has 1 fully saturated rings. The van der Waals surface area contributed by atoms with E-state index in [4.69, 9.17) is 10.5 Å². The van der Waals surface area contributed by atoms with Crippen LogP contribution in [-0.4, -0.2) is 47.4 Å². The maximum atomic E-state index is 13.5. The minimum Gasteiger partial charge on any atom is -0.446 e. The second kappa shape index (κ2) is 12.1. The molecule has 1 saturated carbocycles. The van der Waals surface area contributed by atoms with E-state index >= 15 is 0 Å². The van der Waals surface area contributed by atoms with Crippen molar-refractivity contribution < 1.29 is 19.1 Å². The van der Waals surface area contributed by atoms with Gasteiger partial charge in [0.05, 0.1) is 0 Å². The standard InChI is InChI=1S/C30H35N5O5/c1-17-11-18(2)34-29(38)26(17)15-33-28(37)25-12-21(20-5-6-22(16-36)32-14-20)13-27(19(25)3)35(4)23-7-9-24(10-8-23)40-30(31)39/h5-6,11-14,16,23-24H,7-10,15H2,1-4H3,(H2,31,39)(H,33,37)(H,34,38)/t23-,24+. The first-order chi connectivity index (χ1) is 19.1. The molecule has 1 aromatic carbocycles. The molecule has 1 aliphatic rings. The molecular weight excluding hydrogens is 510 g/mol. The number of aldehydes is 1. The topological polar surface area (TPSA) is 147 Å². The summed E-state index contributed by atoms with van der Waals surface area (Å²) in [6, 6.07) is 9.31. The molecule has 0 bridgehead atoms. The van der Waals surface area contributed by atoms with Gasteiger partial charge in [-0.1, -0.05) is 6.07 Å². The van der Waals surface area contributed by atoms with Gasteiger partial charge in [0.2, 0.25) is 0 Å². The molecule has 0 aliphatic heterocycles. The highest BCUT2D eigenvalue weighted by Crippen LogP contribution is 2.34. The van der Waals surface area contributed by atoms with Gasteiger partial charge in [0.1, 0.15) is 11.8 Å². The van der Waals surface area contributed by atoms with E-state index in [2.05, 4.69) is 20.2 Å². The number of amides is 2. The number of benzene rings is 1. The fourth-order valence-corrected chi connectivity index (χ4v) is 5.39. The van der Waals surface area contributed by atoms with E-state index in [1.54, 1.807) is 18.3 Å². The molecule has 10 heteroatoms. The number of primary amides is 1. The third-order valence-electron chi connectivity index (χ3n) is 7.64. The predicted molar refractivity (Wildman–Crippen MR) is 153 cm³/mol. The maximum absolute atomic E-state index is 13.5. The molecule has 2 amide bonds. The maximum Gasteiger partial charge on any atom is 0.404 e. The van der Waals surface area contributed by atoms with E-state index < -0.39 is 6.09 Å². The summed E-state index contributed by atoms with van der Waals surface area (Å²) in [5.74, 6) is -0.301. The van der Waals surface area contributed by atoms with Crippen LogP contribution in [0.5, 0.6) is 0 Å². The zero-order chi connectivity index (χ0) is 29.0. The SMILES string of the molecule is Cc1cc(C)c(CNC(=O)c2cc(-c3ccc(C=O)nc3)cc(N(C)[C@H]3CC[C@@H](OC(N)=O)CC3)c2C)c(=O)[nH]1. The van der Waals surface area contributed by atoms with Crippen molar-refractivity contribution in [2.45, 2.75) is 65.1 Å². The second-order valence-electron chi connectivity index (χ2n) is 10.4. The molecule has 40 heavy (non-hydrogen) atoms.